The molecule has 3 rings (SSSR count). The quantitative estimate of drug-likeness (QED) is 0.839. The molecule has 4 nitrogen and oxygen atoms in total. The van der Waals surface area contributed by atoms with Gasteiger partial charge in [0.1, 0.15) is 5.54 Å². The first-order valence-corrected chi connectivity index (χ1v) is 8.50. The predicted molar refractivity (Wildman–Crippen MR) is 82.7 cm³/mol. The van der Waals surface area contributed by atoms with Crippen molar-refractivity contribution in [2.75, 3.05) is 13.2 Å². The monoisotopic (exact) mass is 294 g/mol. The SMILES string of the molecule is CC1(CNC(=O)C2(N)C3CCCOC3C2(C)C)CCCC1. The van der Waals surface area contributed by atoms with Gasteiger partial charge in [0, 0.05) is 24.5 Å². The Hall–Kier alpha value is -0.610. The minimum absolute atomic E-state index is 0.0346. The Balaban J connectivity index is 1.68. The molecule has 3 unspecified atom stereocenters. The van der Waals surface area contributed by atoms with Gasteiger partial charge in [-0.3, -0.25) is 4.79 Å². The molecular weight excluding hydrogens is 264 g/mol. The van der Waals surface area contributed by atoms with Gasteiger partial charge in [0.2, 0.25) is 5.91 Å². The lowest BCUT2D eigenvalue weighted by Gasteiger charge is -2.65. The molecule has 2 saturated carbocycles. The molecule has 0 bridgehead atoms. The largest absolute Gasteiger partial charge is 0.377 e. The lowest BCUT2D eigenvalue weighted by molar-refractivity contribution is -0.225. The van der Waals surface area contributed by atoms with Crippen LogP contribution >= 0.6 is 0 Å². The van der Waals surface area contributed by atoms with Gasteiger partial charge in [0.05, 0.1) is 6.10 Å². The standard InChI is InChI=1S/C17H30N2O2/c1-15(2)13-12(7-6-10-21-13)17(15,18)14(20)19-11-16(3)8-4-5-9-16/h12-13H,4-11,18H2,1-3H3,(H,19,20). The molecule has 0 aromatic heterocycles. The fourth-order valence-corrected chi connectivity index (χ4v) is 4.88. The van der Waals surface area contributed by atoms with E-state index in [0.29, 0.717) is 0 Å². The Morgan fingerprint density at radius 1 is 1.24 bits per heavy atom. The smallest absolute Gasteiger partial charge is 0.241 e. The zero-order chi connectivity index (χ0) is 15.3. The topological polar surface area (TPSA) is 64.4 Å². The summed E-state index contributed by atoms with van der Waals surface area (Å²) in [6, 6.07) is 0. The molecule has 3 N–H and O–H groups in total. The summed E-state index contributed by atoms with van der Waals surface area (Å²) in [4.78, 5) is 12.8. The van der Waals surface area contributed by atoms with E-state index < -0.39 is 5.54 Å². The third kappa shape index (κ3) is 2.14. The highest BCUT2D eigenvalue weighted by atomic mass is 16.5. The lowest BCUT2D eigenvalue weighted by Crippen LogP contribution is -2.82. The number of carbonyl (C=O) groups excluding carboxylic acids is 1. The zero-order valence-corrected chi connectivity index (χ0v) is 13.7. The first-order valence-electron chi connectivity index (χ1n) is 8.50. The molecule has 0 radical (unpaired) electrons. The van der Waals surface area contributed by atoms with Gasteiger partial charge in [0.25, 0.3) is 0 Å². The minimum Gasteiger partial charge on any atom is -0.377 e. The maximum atomic E-state index is 12.8. The molecule has 0 aromatic rings. The summed E-state index contributed by atoms with van der Waals surface area (Å²) in [6.45, 7) is 8.01. The number of fused-ring (bicyclic) bond motifs is 1. The maximum Gasteiger partial charge on any atom is 0.241 e. The van der Waals surface area contributed by atoms with Crippen molar-refractivity contribution in [1.82, 2.24) is 5.32 Å². The summed E-state index contributed by atoms with van der Waals surface area (Å²) < 4.78 is 5.88. The Kier molecular flexibility index (Phi) is 3.61. The molecule has 1 saturated heterocycles. The van der Waals surface area contributed by atoms with Crippen LogP contribution in [-0.2, 0) is 9.53 Å². The van der Waals surface area contributed by atoms with Gasteiger partial charge >= 0.3 is 0 Å². The highest BCUT2D eigenvalue weighted by molar-refractivity contribution is 5.89. The number of ether oxygens (including phenoxy) is 1. The van der Waals surface area contributed by atoms with Crippen molar-refractivity contribution in [1.29, 1.82) is 0 Å². The first-order chi connectivity index (χ1) is 9.81. The number of carbonyl (C=O) groups is 1. The van der Waals surface area contributed by atoms with Gasteiger partial charge in [-0.2, -0.15) is 0 Å². The van der Waals surface area contributed by atoms with Gasteiger partial charge in [0.15, 0.2) is 0 Å². The Labute approximate surface area is 128 Å². The molecule has 1 heterocycles. The lowest BCUT2D eigenvalue weighted by atomic mass is 9.46. The first kappa shape index (κ1) is 15.3. The second-order valence-electron chi connectivity index (χ2n) is 8.33. The molecule has 3 fully saturated rings. The number of nitrogens with one attached hydrogen (secondary N) is 1. The molecule has 2 aliphatic carbocycles. The summed E-state index contributed by atoms with van der Waals surface area (Å²) >= 11 is 0. The van der Waals surface area contributed by atoms with Crippen LogP contribution in [0.15, 0.2) is 0 Å². The highest BCUT2D eigenvalue weighted by Crippen LogP contribution is 2.57. The number of rotatable bonds is 3. The van der Waals surface area contributed by atoms with E-state index in [1.807, 2.05) is 0 Å². The number of hydrogen-bond acceptors (Lipinski definition) is 3. The van der Waals surface area contributed by atoms with Crippen molar-refractivity contribution >= 4 is 5.91 Å². The van der Waals surface area contributed by atoms with Crippen LogP contribution in [-0.4, -0.2) is 30.7 Å². The minimum atomic E-state index is -0.771. The molecule has 3 aliphatic rings. The van der Waals surface area contributed by atoms with Crippen LogP contribution in [0.1, 0.15) is 59.3 Å². The molecule has 1 aliphatic heterocycles. The third-order valence-electron chi connectivity index (χ3n) is 6.55. The van der Waals surface area contributed by atoms with Gasteiger partial charge < -0.3 is 15.8 Å². The second-order valence-corrected chi connectivity index (χ2v) is 8.33. The molecule has 3 atom stereocenters. The van der Waals surface area contributed by atoms with E-state index in [1.165, 1.54) is 25.7 Å². The van der Waals surface area contributed by atoms with E-state index in [-0.39, 0.29) is 28.8 Å². The number of nitrogens with two attached hydrogens (primary N) is 1. The van der Waals surface area contributed by atoms with Crippen LogP contribution in [0.25, 0.3) is 0 Å². The van der Waals surface area contributed by atoms with Crippen LogP contribution in [0.3, 0.4) is 0 Å². The second kappa shape index (κ2) is 4.95. The van der Waals surface area contributed by atoms with Crippen LogP contribution < -0.4 is 11.1 Å². The fraction of sp³-hybridized carbons (Fsp3) is 0.941. The van der Waals surface area contributed by atoms with Crippen molar-refractivity contribution in [3.8, 4) is 0 Å². The Bertz CT molecular complexity index is 429. The average molecular weight is 294 g/mol. The average Bonchev–Trinajstić information content (AvgIpc) is 2.91. The third-order valence-corrected chi connectivity index (χ3v) is 6.55. The summed E-state index contributed by atoms with van der Waals surface area (Å²) in [5.74, 6) is 0.213. The molecular formula is C17H30N2O2. The van der Waals surface area contributed by atoms with Crippen molar-refractivity contribution in [3.05, 3.63) is 0 Å². The summed E-state index contributed by atoms with van der Waals surface area (Å²) in [7, 11) is 0. The molecule has 0 spiro atoms. The zero-order valence-electron chi connectivity index (χ0n) is 13.7. The van der Waals surface area contributed by atoms with E-state index in [0.717, 1.165) is 26.0 Å². The molecule has 120 valence electrons. The number of amides is 1. The van der Waals surface area contributed by atoms with E-state index >= 15 is 0 Å². The van der Waals surface area contributed by atoms with Crippen molar-refractivity contribution in [3.63, 3.8) is 0 Å². The Morgan fingerprint density at radius 2 is 1.90 bits per heavy atom. The van der Waals surface area contributed by atoms with Gasteiger partial charge in [-0.15, -0.1) is 0 Å². The van der Waals surface area contributed by atoms with Crippen LogP contribution in [0.5, 0.6) is 0 Å². The van der Waals surface area contributed by atoms with Crippen molar-refractivity contribution in [2.45, 2.75) is 70.9 Å². The number of hydrogen-bond donors (Lipinski definition) is 2. The molecule has 1 amide bonds. The maximum absolute atomic E-state index is 12.8. The predicted octanol–water partition coefficient (Wildman–Crippen LogP) is 2.22. The van der Waals surface area contributed by atoms with Crippen molar-refractivity contribution < 1.29 is 9.53 Å². The van der Waals surface area contributed by atoms with Crippen LogP contribution in [0.4, 0.5) is 0 Å². The van der Waals surface area contributed by atoms with E-state index in [1.54, 1.807) is 0 Å². The highest BCUT2D eigenvalue weighted by Gasteiger charge is 2.70. The van der Waals surface area contributed by atoms with E-state index in [4.69, 9.17) is 10.5 Å². The molecule has 4 heteroatoms. The van der Waals surface area contributed by atoms with Crippen LogP contribution in [0.2, 0.25) is 0 Å². The summed E-state index contributed by atoms with van der Waals surface area (Å²) in [5, 5.41) is 3.18. The van der Waals surface area contributed by atoms with Gasteiger partial charge in [-0.05, 0) is 31.1 Å². The van der Waals surface area contributed by atoms with Crippen molar-refractivity contribution in [2.24, 2.45) is 22.5 Å². The van der Waals surface area contributed by atoms with E-state index in [9.17, 15) is 4.79 Å². The molecule has 21 heavy (non-hydrogen) atoms. The van der Waals surface area contributed by atoms with Gasteiger partial charge in [-0.1, -0.05) is 33.6 Å². The van der Waals surface area contributed by atoms with E-state index in [2.05, 4.69) is 26.1 Å². The fourth-order valence-electron chi connectivity index (χ4n) is 4.88. The summed E-state index contributed by atoms with van der Waals surface area (Å²) in [5.41, 5.74) is 5.83. The molecule has 0 aromatic carbocycles. The summed E-state index contributed by atoms with van der Waals surface area (Å²) in [6.07, 6.45) is 7.15. The normalized spacial score (nSPS) is 40.2. The van der Waals surface area contributed by atoms with Gasteiger partial charge in [-0.25, -0.2) is 0 Å². The Morgan fingerprint density at radius 3 is 2.57 bits per heavy atom. The van der Waals surface area contributed by atoms with Crippen LogP contribution in [0, 0.1) is 16.7 Å².